The quantitative estimate of drug-likeness (QED) is 0.290. The summed E-state index contributed by atoms with van der Waals surface area (Å²) < 4.78 is 0. The van der Waals surface area contributed by atoms with Gasteiger partial charge in [-0.05, 0) is 52.4 Å². The predicted molar refractivity (Wildman–Crippen MR) is 141 cm³/mol. The smallest absolute Gasteiger partial charge is 0.309 e. The predicted octanol–water partition coefficient (Wildman–Crippen LogP) is 8.29. The Morgan fingerprint density at radius 3 is 1.76 bits per heavy atom. The number of urea groups is 1. The third-order valence-corrected chi connectivity index (χ3v) is 6.15. The summed E-state index contributed by atoms with van der Waals surface area (Å²) in [5.74, 6) is 0.437. The first-order chi connectivity index (χ1) is 16.5. The molecule has 0 aliphatic carbocycles. The number of amides is 2. The number of benzene rings is 4. The topological polar surface area (TPSA) is 32.3 Å². The maximum absolute atomic E-state index is 13.8. The van der Waals surface area contributed by atoms with Crippen molar-refractivity contribution >= 4 is 23.3 Å². The minimum Gasteiger partial charge on any atom is -0.309 e. The van der Waals surface area contributed by atoms with E-state index >= 15 is 0 Å². The summed E-state index contributed by atoms with van der Waals surface area (Å²) in [6.07, 6.45) is 0. The van der Waals surface area contributed by atoms with Crippen molar-refractivity contribution in [1.29, 1.82) is 0 Å². The number of carbonyl (C=O) groups is 1. The molecule has 0 saturated carbocycles. The van der Waals surface area contributed by atoms with Gasteiger partial charge >= 0.3 is 6.03 Å². The molecule has 4 aromatic carbocycles. The standard InChI is InChI=1S/C30H29ClN2O/c1-22(2)24-15-19-28(20-16-24)32-30(34)33(21-23-13-17-27(31)18-14-23)29(25-9-5-3-6-10-25)26-11-7-4-8-12-26/h3-20,22,29H,21H2,1-2H3,(H,32,34). The highest BCUT2D eigenvalue weighted by atomic mass is 35.5. The number of nitrogens with zero attached hydrogens (tertiary/aromatic N) is 1. The van der Waals surface area contributed by atoms with Gasteiger partial charge < -0.3 is 10.2 Å². The van der Waals surface area contributed by atoms with Gasteiger partial charge in [-0.3, -0.25) is 0 Å². The molecule has 0 fully saturated rings. The average molecular weight is 469 g/mol. The van der Waals surface area contributed by atoms with Crippen molar-refractivity contribution in [3.05, 3.63) is 136 Å². The molecule has 0 unspecified atom stereocenters. The maximum atomic E-state index is 13.8. The Balaban J connectivity index is 1.72. The molecule has 0 spiro atoms. The van der Waals surface area contributed by atoms with E-state index in [0.717, 1.165) is 22.4 Å². The van der Waals surface area contributed by atoms with Gasteiger partial charge in [-0.25, -0.2) is 4.79 Å². The molecule has 1 N–H and O–H groups in total. The minimum absolute atomic E-state index is 0.162. The molecule has 3 nitrogen and oxygen atoms in total. The van der Waals surface area contributed by atoms with Crippen molar-refractivity contribution in [3.63, 3.8) is 0 Å². The third kappa shape index (κ3) is 5.86. The first kappa shape index (κ1) is 23.6. The number of hydrogen-bond acceptors (Lipinski definition) is 1. The van der Waals surface area contributed by atoms with Crippen LogP contribution in [0.5, 0.6) is 0 Å². The van der Waals surface area contributed by atoms with Gasteiger partial charge in [0.15, 0.2) is 0 Å². The van der Waals surface area contributed by atoms with E-state index in [9.17, 15) is 4.79 Å². The normalized spacial score (nSPS) is 11.0. The second kappa shape index (κ2) is 11.0. The number of nitrogens with one attached hydrogen (secondary N) is 1. The Morgan fingerprint density at radius 2 is 1.26 bits per heavy atom. The van der Waals surface area contributed by atoms with Crippen LogP contribution in [0.2, 0.25) is 5.02 Å². The van der Waals surface area contributed by atoms with Gasteiger partial charge in [-0.15, -0.1) is 0 Å². The fraction of sp³-hybridized carbons (Fsp3) is 0.167. The number of halogens is 1. The lowest BCUT2D eigenvalue weighted by molar-refractivity contribution is 0.194. The van der Waals surface area contributed by atoms with E-state index in [1.165, 1.54) is 5.56 Å². The van der Waals surface area contributed by atoms with Gasteiger partial charge in [-0.2, -0.15) is 0 Å². The summed E-state index contributed by atoms with van der Waals surface area (Å²) in [6.45, 7) is 4.75. The fourth-order valence-electron chi connectivity index (χ4n) is 4.04. The molecule has 2 amide bonds. The number of rotatable bonds is 7. The van der Waals surface area contributed by atoms with E-state index in [4.69, 9.17) is 11.6 Å². The molecule has 0 heterocycles. The Kier molecular flexibility index (Phi) is 7.66. The van der Waals surface area contributed by atoms with E-state index in [-0.39, 0.29) is 12.1 Å². The van der Waals surface area contributed by atoms with Crippen molar-refractivity contribution in [3.8, 4) is 0 Å². The molecule has 0 radical (unpaired) electrons. The molecule has 34 heavy (non-hydrogen) atoms. The molecule has 0 aliphatic rings. The van der Waals surface area contributed by atoms with Crippen molar-refractivity contribution in [2.45, 2.75) is 32.4 Å². The van der Waals surface area contributed by atoms with Gasteiger partial charge in [0.2, 0.25) is 0 Å². The van der Waals surface area contributed by atoms with Gasteiger partial charge in [0.25, 0.3) is 0 Å². The van der Waals surface area contributed by atoms with E-state index < -0.39 is 0 Å². The van der Waals surface area contributed by atoms with E-state index in [2.05, 4.69) is 55.6 Å². The van der Waals surface area contributed by atoms with E-state index in [1.807, 2.05) is 77.7 Å². The first-order valence-corrected chi connectivity index (χ1v) is 11.9. The third-order valence-electron chi connectivity index (χ3n) is 5.90. The van der Waals surface area contributed by atoms with Gasteiger partial charge in [0.05, 0.1) is 6.04 Å². The van der Waals surface area contributed by atoms with Crippen LogP contribution in [-0.4, -0.2) is 10.9 Å². The highest BCUT2D eigenvalue weighted by molar-refractivity contribution is 6.30. The van der Waals surface area contributed by atoms with Gasteiger partial charge in [0, 0.05) is 17.3 Å². The average Bonchev–Trinajstić information content (AvgIpc) is 2.86. The van der Waals surface area contributed by atoms with Crippen molar-refractivity contribution in [2.24, 2.45) is 0 Å². The molecule has 4 heteroatoms. The lowest BCUT2D eigenvalue weighted by Crippen LogP contribution is -2.38. The number of hydrogen-bond donors (Lipinski definition) is 1. The summed E-state index contributed by atoms with van der Waals surface area (Å²) in [6, 6.07) is 35.6. The Hall–Kier alpha value is -3.56. The molecule has 0 bridgehead atoms. The van der Waals surface area contributed by atoms with Gasteiger partial charge in [0.1, 0.15) is 0 Å². The molecule has 4 aromatic rings. The SMILES string of the molecule is CC(C)c1ccc(NC(=O)N(Cc2ccc(Cl)cc2)C(c2ccccc2)c2ccccc2)cc1. The van der Waals surface area contributed by atoms with Crippen LogP contribution in [0.15, 0.2) is 109 Å². The Bertz CT molecular complexity index is 1150. The molecule has 0 aromatic heterocycles. The van der Waals surface area contributed by atoms with Gasteiger partial charge in [-0.1, -0.05) is 110 Å². The molecule has 4 rings (SSSR count). The second-order valence-corrected chi connectivity index (χ2v) is 9.12. The minimum atomic E-state index is -0.256. The van der Waals surface area contributed by atoms with Crippen LogP contribution in [0.3, 0.4) is 0 Å². The summed E-state index contributed by atoms with van der Waals surface area (Å²) in [5.41, 5.74) is 5.12. The van der Waals surface area contributed by atoms with Crippen LogP contribution in [0.25, 0.3) is 0 Å². The molecule has 172 valence electrons. The van der Waals surface area contributed by atoms with Crippen LogP contribution in [-0.2, 0) is 6.54 Å². The maximum Gasteiger partial charge on any atom is 0.322 e. The van der Waals surface area contributed by atoms with Crippen molar-refractivity contribution in [2.75, 3.05) is 5.32 Å². The Morgan fingerprint density at radius 1 is 0.735 bits per heavy atom. The van der Waals surface area contributed by atoms with Crippen LogP contribution in [0, 0.1) is 0 Å². The summed E-state index contributed by atoms with van der Waals surface area (Å²) in [5, 5.41) is 3.79. The van der Waals surface area contributed by atoms with Crippen molar-refractivity contribution < 1.29 is 4.79 Å². The van der Waals surface area contributed by atoms with Crippen LogP contribution < -0.4 is 5.32 Å². The largest absolute Gasteiger partial charge is 0.322 e. The zero-order valence-electron chi connectivity index (χ0n) is 19.5. The number of anilines is 1. The number of carbonyl (C=O) groups excluding carboxylic acids is 1. The summed E-state index contributed by atoms with van der Waals surface area (Å²) in [4.78, 5) is 15.7. The lowest BCUT2D eigenvalue weighted by atomic mass is 9.96. The molecule has 0 atom stereocenters. The van der Waals surface area contributed by atoms with E-state index in [1.54, 1.807) is 0 Å². The zero-order valence-corrected chi connectivity index (χ0v) is 20.2. The fourth-order valence-corrected chi connectivity index (χ4v) is 4.16. The van der Waals surface area contributed by atoms with E-state index in [0.29, 0.717) is 17.5 Å². The lowest BCUT2D eigenvalue weighted by Gasteiger charge is -2.33. The van der Waals surface area contributed by atoms with Crippen molar-refractivity contribution in [1.82, 2.24) is 4.90 Å². The summed E-state index contributed by atoms with van der Waals surface area (Å²) in [7, 11) is 0. The second-order valence-electron chi connectivity index (χ2n) is 8.69. The molecular weight excluding hydrogens is 440 g/mol. The Labute approximate surface area is 207 Å². The highest BCUT2D eigenvalue weighted by Crippen LogP contribution is 2.31. The van der Waals surface area contributed by atoms with Crippen LogP contribution >= 0.6 is 11.6 Å². The summed E-state index contributed by atoms with van der Waals surface area (Å²) >= 11 is 6.11. The molecule has 0 aliphatic heterocycles. The molecule has 0 saturated heterocycles. The molecular formula is C30H29ClN2O. The zero-order chi connectivity index (χ0) is 23.9. The van der Waals surface area contributed by atoms with Crippen LogP contribution in [0.4, 0.5) is 10.5 Å². The highest BCUT2D eigenvalue weighted by Gasteiger charge is 2.27. The first-order valence-electron chi connectivity index (χ1n) is 11.5. The monoisotopic (exact) mass is 468 g/mol. The van der Waals surface area contributed by atoms with Crippen LogP contribution in [0.1, 0.15) is 48.1 Å².